The summed E-state index contributed by atoms with van der Waals surface area (Å²) in [6.07, 6.45) is -0.861. The second-order valence-electron chi connectivity index (χ2n) is 9.14. The lowest BCUT2D eigenvalue weighted by Gasteiger charge is -2.49. The molecule has 1 aromatic rings. The predicted molar refractivity (Wildman–Crippen MR) is 125 cm³/mol. The fraction of sp³-hybridized carbons (Fsp3) is 0.435. The van der Waals surface area contributed by atoms with Crippen molar-refractivity contribution in [3.63, 3.8) is 0 Å². The van der Waals surface area contributed by atoms with E-state index in [1.165, 1.54) is 0 Å². The van der Waals surface area contributed by atoms with Gasteiger partial charge in [0.2, 0.25) is 11.3 Å². The van der Waals surface area contributed by atoms with E-state index < -0.39 is 76.4 Å². The molecule has 3 amide bonds. The van der Waals surface area contributed by atoms with Gasteiger partial charge < -0.3 is 29.8 Å². The summed E-state index contributed by atoms with van der Waals surface area (Å²) < 4.78 is 23.0. The minimum atomic E-state index is -1.79. The first-order valence-electron chi connectivity index (χ1n) is 10.9. The fourth-order valence-corrected chi connectivity index (χ4v) is 5.43. The van der Waals surface area contributed by atoms with Crippen molar-refractivity contribution in [1.29, 1.82) is 0 Å². The van der Waals surface area contributed by atoms with Gasteiger partial charge in [0.1, 0.15) is 29.7 Å². The third kappa shape index (κ3) is 5.97. The first-order valence-corrected chi connectivity index (χ1v) is 12.3. The number of alkyl carbamates (subject to hydrolysis) is 1. The van der Waals surface area contributed by atoms with Crippen LogP contribution in [0.4, 0.5) is 4.79 Å². The van der Waals surface area contributed by atoms with E-state index in [0.717, 1.165) is 11.8 Å². The standard InChI is InChI=1S/C23H27N3O9S/c1-12(27)34-10-14-11-36(33)20-16(19(29)26(20)17(14)21(30)31)24-18(28)15(13-8-6-5-7-9-13)25-22(32)35-23(2,3)4/h5-9,15-16,20H,10-11H2,1-4H3,(H,24,28)(H,25,32)(H,30,31)/t15?,16-,20-,36?/m1/s1. The highest BCUT2D eigenvalue weighted by atomic mass is 32.2. The third-order valence-electron chi connectivity index (χ3n) is 5.21. The highest BCUT2D eigenvalue weighted by Crippen LogP contribution is 2.37. The molecule has 2 unspecified atom stereocenters. The smallest absolute Gasteiger partial charge is 0.408 e. The molecule has 12 nitrogen and oxygen atoms in total. The number of hydrogen-bond acceptors (Lipinski definition) is 8. The maximum absolute atomic E-state index is 13.2. The Morgan fingerprint density at radius 2 is 1.86 bits per heavy atom. The molecule has 1 fully saturated rings. The van der Waals surface area contributed by atoms with Crippen molar-refractivity contribution >= 4 is 41.0 Å². The quantitative estimate of drug-likeness (QED) is 0.263. The summed E-state index contributed by atoms with van der Waals surface area (Å²) in [6.45, 7) is 5.69. The van der Waals surface area contributed by atoms with Crippen molar-refractivity contribution in [2.24, 2.45) is 0 Å². The number of rotatable bonds is 7. The van der Waals surface area contributed by atoms with Gasteiger partial charge >= 0.3 is 18.0 Å². The van der Waals surface area contributed by atoms with E-state index in [-0.39, 0.29) is 11.3 Å². The van der Waals surface area contributed by atoms with Crippen LogP contribution in [-0.2, 0) is 39.8 Å². The van der Waals surface area contributed by atoms with Crippen molar-refractivity contribution in [1.82, 2.24) is 15.5 Å². The minimum Gasteiger partial charge on any atom is -0.614 e. The molecule has 0 radical (unpaired) electrons. The maximum Gasteiger partial charge on any atom is 0.408 e. The number of β-lactam (4-membered cyclic amide) rings is 1. The van der Waals surface area contributed by atoms with Gasteiger partial charge in [-0.25, -0.2) is 9.59 Å². The number of carboxylic acids is 1. The van der Waals surface area contributed by atoms with Crippen LogP contribution in [0.15, 0.2) is 41.6 Å². The Kier molecular flexibility index (Phi) is 7.94. The van der Waals surface area contributed by atoms with Crippen molar-refractivity contribution in [3.05, 3.63) is 47.2 Å². The van der Waals surface area contributed by atoms with Crippen LogP contribution in [-0.4, -0.2) is 73.8 Å². The van der Waals surface area contributed by atoms with E-state index in [1.807, 2.05) is 0 Å². The number of carboxylic acid groups (broad SMARTS) is 1. The molecule has 4 atom stereocenters. The summed E-state index contributed by atoms with van der Waals surface area (Å²) in [5.74, 6) is -3.93. The number of carbonyl (C=O) groups is 5. The summed E-state index contributed by atoms with van der Waals surface area (Å²) in [7, 11) is 0. The van der Waals surface area contributed by atoms with Crippen LogP contribution in [0.2, 0.25) is 0 Å². The molecule has 0 spiro atoms. The molecule has 0 aliphatic carbocycles. The number of aliphatic carboxylic acids is 1. The number of amides is 3. The lowest BCUT2D eigenvalue weighted by atomic mass is 10.0. The minimum absolute atomic E-state index is 0.0270. The number of hydrogen-bond donors (Lipinski definition) is 3. The molecule has 2 heterocycles. The molecule has 2 aliphatic rings. The Hall–Kier alpha value is -3.58. The van der Waals surface area contributed by atoms with E-state index in [4.69, 9.17) is 9.47 Å². The number of carbonyl (C=O) groups excluding carboxylic acids is 4. The van der Waals surface area contributed by atoms with Crippen molar-refractivity contribution in [3.8, 4) is 0 Å². The summed E-state index contributed by atoms with van der Waals surface area (Å²) in [4.78, 5) is 62.3. The van der Waals surface area contributed by atoms with Crippen LogP contribution in [0, 0.1) is 0 Å². The summed E-state index contributed by atoms with van der Waals surface area (Å²) >= 11 is -1.79. The van der Waals surface area contributed by atoms with Gasteiger partial charge in [-0.1, -0.05) is 30.3 Å². The van der Waals surface area contributed by atoms with E-state index in [0.29, 0.717) is 5.56 Å². The SMILES string of the molecule is CC(=O)OCC1=C(C(=O)O)N2C(=O)[C@@H](NC(=O)C(NC(=O)OC(C)(C)C)c3ccccc3)[C@H]2[S+]([O-])C1. The molecule has 2 aliphatic heterocycles. The van der Waals surface area contributed by atoms with Gasteiger partial charge in [-0.05, 0) is 37.5 Å². The lowest BCUT2D eigenvalue weighted by molar-refractivity contribution is -0.151. The molecule has 1 aromatic carbocycles. The molecular formula is C23H27N3O9S. The predicted octanol–water partition coefficient (Wildman–Crippen LogP) is 0.570. The maximum atomic E-state index is 13.2. The first kappa shape index (κ1) is 27.0. The number of nitrogens with zero attached hydrogens (tertiary/aromatic N) is 1. The molecule has 1 saturated heterocycles. The molecule has 36 heavy (non-hydrogen) atoms. The van der Waals surface area contributed by atoms with Crippen LogP contribution < -0.4 is 10.6 Å². The lowest BCUT2D eigenvalue weighted by Crippen LogP contribution is -2.75. The third-order valence-corrected chi connectivity index (χ3v) is 6.87. The monoisotopic (exact) mass is 521 g/mol. The number of nitrogens with one attached hydrogen (secondary N) is 2. The van der Waals surface area contributed by atoms with Crippen LogP contribution >= 0.6 is 0 Å². The highest BCUT2D eigenvalue weighted by Gasteiger charge is 2.61. The second-order valence-corrected chi connectivity index (χ2v) is 10.7. The Balaban J connectivity index is 1.82. The zero-order chi connectivity index (χ0) is 26.8. The molecule has 0 bridgehead atoms. The first-order chi connectivity index (χ1) is 16.8. The molecule has 3 rings (SSSR count). The van der Waals surface area contributed by atoms with Gasteiger partial charge in [0, 0.05) is 12.5 Å². The van der Waals surface area contributed by atoms with Crippen LogP contribution in [0.3, 0.4) is 0 Å². The number of ether oxygens (including phenoxy) is 2. The Morgan fingerprint density at radius 1 is 1.22 bits per heavy atom. The van der Waals surface area contributed by atoms with Crippen molar-refractivity contribution in [2.45, 2.75) is 50.8 Å². The average Bonchev–Trinajstić information content (AvgIpc) is 2.78. The van der Waals surface area contributed by atoms with E-state index >= 15 is 0 Å². The molecular weight excluding hydrogens is 494 g/mol. The number of fused-ring (bicyclic) bond motifs is 1. The number of esters is 1. The second kappa shape index (κ2) is 10.6. The molecule has 3 N–H and O–H groups in total. The Bertz CT molecular complexity index is 1100. The number of benzene rings is 1. The Labute approximate surface area is 210 Å². The molecule has 0 saturated carbocycles. The molecule has 194 valence electrons. The Morgan fingerprint density at radius 3 is 2.42 bits per heavy atom. The van der Waals surface area contributed by atoms with Gasteiger partial charge in [0.15, 0.2) is 6.04 Å². The van der Waals surface area contributed by atoms with E-state index in [2.05, 4.69) is 10.6 Å². The van der Waals surface area contributed by atoms with Gasteiger partial charge in [-0.2, -0.15) is 0 Å². The zero-order valence-electron chi connectivity index (χ0n) is 20.1. The topological polar surface area (TPSA) is 174 Å². The van der Waals surface area contributed by atoms with Crippen LogP contribution in [0.1, 0.15) is 39.3 Å². The van der Waals surface area contributed by atoms with Gasteiger partial charge in [-0.3, -0.25) is 19.3 Å². The van der Waals surface area contributed by atoms with Crippen LogP contribution in [0.5, 0.6) is 0 Å². The summed E-state index contributed by atoms with van der Waals surface area (Å²) in [5, 5.41) is 13.5. The molecule has 0 aromatic heterocycles. The van der Waals surface area contributed by atoms with Gasteiger partial charge in [0.25, 0.3) is 5.91 Å². The van der Waals surface area contributed by atoms with Crippen molar-refractivity contribution in [2.75, 3.05) is 12.4 Å². The summed E-state index contributed by atoms with van der Waals surface area (Å²) in [6, 6.07) is 5.71. The van der Waals surface area contributed by atoms with Crippen molar-refractivity contribution < 1.29 is 43.1 Å². The van der Waals surface area contributed by atoms with Gasteiger partial charge in [0.05, 0.1) is 0 Å². The largest absolute Gasteiger partial charge is 0.614 e. The van der Waals surface area contributed by atoms with Crippen LogP contribution in [0.25, 0.3) is 0 Å². The zero-order valence-corrected chi connectivity index (χ0v) is 20.9. The highest BCUT2D eigenvalue weighted by molar-refractivity contribution is 7.92. The van der Waals surface area contributed by atoms with E-state index in [1.54, 1.807) is 51.1 Å². The normalized spacial score (nSPS) is 22.1. The fourth-order valence-electron chi connectivity index (χ4n) is 3.76. The summed E-state index contributed by atoms with van der Waals surface area (Å²) in [5.41, 5.74) is -0.819. The van der Waals surface area contributed by atoms with Gasteiger partial charge in [-0.15, -0.1) is 0 Å². The van der Waals surface area contributed by atoms with E-state index in [9.17, 15) is 33.6 Å². The molecule has 13 heteroatoms. The average molecular weight is 522 g/mol.